The zero-order valence-corrected chi connectivity index (χ0v) is 10.8. The highest BCUT2D eigenvalue weighted by Gasteiger charge is 2.40. The van der Waals surface area contributed by atoms with Crippen molar-refractivity contribution in [1.82, 2.24) is 10.1 Å². The Morgan fingerprint density at radius 2 is 2.22 bits per heavy atom. The first kappa shape index (κ1) is 13.0. The van der Waals surface area contributed by atoms with Crippen LogP contribution in [0.1, 0.15) is 57.2 Å². The number of nitrogens with zero attached hydrogens (tertiary/aromatic N) is 3. The molecule has 0 N–H and O–H groups in total. The summed E-state index contributed by atoms with van der Waals surface area (Å²) < 4.78 is 11.1. The van der Waals surface area contributed by atoms with Crippen LogP contribution in [0.3, 0.4) is 0 Å². The molecule has 0 spiro atoms. The molecule has 1 aliphatic rings. The zero-order chi connectivity index (χ0) is 12.8. The van der Waals surface area contributed by atoms with Gasteiger partial charge in [-0.1, -0.05) is 5.16 Å². The quantitative estimate of drug-likeness (QED) is 0.725. The van der Waals surface area contributed by atoms with Gasteiger partial charge in [-0.3, -0.25) is 0 Å². The fourth-order valence-corrected chi connectivity index (χ4v) is 2.52. The number of rotatable bonds is 6. The molecule has 1 saturated carbocycles. The van der Waals surface area contributed by atoms with E-state index in [2.05, 4.69) is 16.2 Å². The highest BCUT2D eigenvalue weighted by Crippen LogP contribution is 2.40. The predicted molar refractivity (Wildman–Crippen MR) is 64.6 cm³/mol. The lowest BCUT2D eigenvalue weighted by molar-refractivity contribution is -0.0469. The van der Waals surface area contributed by atoms with Crippen LogP contribution in [0.2, 0.25) is 0 Å². The van der Waals surface area contributed by atoms with Gasteiger partial charge in [0.1, 0.15) is 5.60 Å². The minimum Gasteiger partial charge on any atom is -0.367 e. The van der Waals surface area contributed by atoms with E-state index in [4.69, 9.17) is 14.5 Å². The molecule has 1 aliphatic carbocycles. The van der Waals surface area contributed by atoms with Crippen LogP contribution in [-0.2, 0) is 16.8 Å². The first-order chi connectivity index (χ1) is 8.80. The lowest BCUT2D eigenvalue weighted by Crippen LogP contribution is -2.27. The van der Waals surface area contributed by atoms with Crippen molar-refractivity contribution >= 4 is 0 Å². The lowest BCUT2D eigenvalue weighted by atomic mass is 10.0. The molecule has 0 aromatic carbocycles. The summed E-state index contributed by atoms with van der Waals surface area (Å²) in [5, 5.41) is 12.6. The highest BCUT2D eigenvalue weighted by molar-refractivity contribution is 5.04. The molecular weight excluding hydrogens is 230 g/mol. The summed E-state index contributed by atoms with van der Waals surface area (Å²) in [7, 11) is 0. The van der Waals surface area contributed by atoms with Crippen molar-refractivity contribution in [1.29, 1.82) is 5.26 Å². The first-order valence-electron chi connectivity index (χ1n) is 6.65. The molecule has 98 valence electrons. The van der Waals surface area contributed by atoms with Crippen molar-refractivity contribution in [2.75, 3.05) is 6.61 Å². The van der Waals surface area contributed by atoms with Gasteiger partial charge in [-0.25, -0.2) is 0 Å². The van der Waals surface area contributed by atoms with Crippen molar-refractivity contribution in [2.45, 2.75) is 57.5 Å². The second-order valence-electron chi connectivity index (χ2n) is 4.66. The molecule has 0 radical (unpaired) electrons. The number of ether oxygens (including phenoxy) is 1. The molecule has 0 atom stereocenters. The van der Waals surface area contributed by atoms with Crippen LogP contribution in [0.25, 0.3) is 0 Å². The number of unbranched alkanes of at least 4 members (excludes halogenated alkanes) is 1. The van der Waals surface area contributed by atoms with Gasteiger partial charge in [-0.2, -0.15) is 10.2 Å². The molecule has 0 aliphatic heterocycles. The number of hydrogen-bond donors (Lipinski definition) is 0. The van der Waals surface area contributed by atoms with Gasteiger partial charge >= 0.3 is 0 Å². The normalized spacial score (nSPS) is 17.8. The van der Waals surface area contributed by atoms with E-state index in [-0.39, 0.29) is 5.60 Å². The van der Waals surface area contributed by atoms with Crippen LogP contribution < -0.4 is 0 Å². The Labute approximate surface area is 107 Å². The summed E-state index contributed by atoms with van der Waals surface area (Å²) in [6.07, 6.45) is 6.20. The molecule has 1 aromatic heterocycles. The summed E-state index contributed by atoms with van der Waals surface area (Å²) in [4.78, 5) is 4.44. The number of aromatic nitrogens is 2. The zero-order valence-electron chi connectivity index (χ0n) is 10.8. The Balaban J connectivity index is 2.05. The van der Waals surface area contributed by atoms with Crippen molar-refractivity contribution in [3.63, 3.8) is 0 Å². The van der Waals surface area contributed by atoms with E-state index in [0.29, 0.717) is 31.2 Å². The average molecular weight is 249 g/mol. The van der Waals surface area contributed by atoms with Gasteiger partial charge in [-0.05, 0) is 39.0 Å². The van der Waals surface area contributed by atoms with Gasteiger partial charge in [0, 0.05) is 19.4 Å². The predicted octanol–water partition coefficient (Wildman–Crippen LogP) is 2.72. The van der Waals surface area contributed by atoms with Gasteiger partial charge in [-0.15, -0.1) is 0 Å². The Hall–Kier alpha value is -1.41. The van der Waals surface area contributed by atoms with E-state index in [1.165, 1.54) is 0 Å². The van der Waals surface area contributed by atoms with Gasteiger partial charge in [0.15, 0.2) is 0 Å². The molecule has 1 heterocycles. The Morgan fingerprint density at radius 3 is 2.89 bits per heavy atom. The van der Waals surface area contributed by atoms with E-state index in [1.54, 1.807) is 0 Å². The fourth-order valence-electron chi connectivity index (χ4n) is 2.52. The van der Waals surface area contributed by atoms with Gasteiger partial charge < -0.3 is 9.26 Å². The molecule has 0 unspecified atom stereocenters. The van der Waals surface area contributed by atoms with Crippen LogP contribution in [0, 0.1) is 11.3 Å². The monoisotopic (exact) mass is 249 g/mol. The largest absolute Gasteiger partial charge is 0.367 e. The topological polar surface area (TPSA) is 71.9 Å². The summed E-state index contributed by atoms with van der Waals surface area (Å²) >= 11 is 0. The molecule has 1 aromatic rings. The SMILES string of the molecule is CCOC1(c2noc(CCCC#N)n2)CCCC1. The van der Waals surface area contributed by atoms with Crippen molar-refractivity contribution in [2.24, 2.45) is 0 Å². The summed E-state index contributed by atoms with van der Waals surface area (Å²) in [6.45, 7) is 2.66. The maximum absolute atomic E-state index is 8.50. The molecule has 1 fully saturated rings. The minimum atomic E-state index is -0.328. The molecule has 18 heavy (non-hydrogen) atoms. The second-order valence-corrected chi connectivity index (χ2v) is 4.66. The molecule has 5 nitrogen and oxygen atoms in total. The van der Waals surface area contributed by atoms with E-state index in [9.17, 15) is 0 Å². The Kier molecular flexibility index (Phi) is 4.32. The third kappa shape index (κ3) is 2.70. The van der Waals surface area contributed by atoms with Crippen LogP contribution in [0.15, 0.2) is 4.52 Å². The Bertz CT molecular complexity index is 416. The van der Waals surface area contributed by atoms with Crippen molar-refractivity contribution in [3.8, 4) is 6.07 Å². The average Bonchev–Trinajstić information content (AvgIpc) is 2.99. The van der Waals surface area contributed by atoms with Crippen LogP contribution in [0.5, 0.6) is 0 Å². The third-order valence-electron chi connectivity index (χ3n) is 3.39. The first-order valence-corrected chi connectivity index (χ1v) is 6.65. The van der Waals surface area contributed by atoms with Gasteiger partial charge in [0.2, 0.25) is 11.7 Å². The summed E-state index contributed by atoms with van der Waals surface area (Å²) in [6, 6.07) is 2.11. The number of aryl methyl sites for hydroxylation is 1. The standard InChI is InChI=1S/C13H19N3O2/c1-2-17-13(8-4-5-9-13)12-15-11(18-16-12)7-3-6-10-14/h2-9H2,1H3. The third-order valence-corrected chi connectivity index (χ3v) is 3.39. The van der Waals surface area contributed by atoms with Crippen molar-refractivity contribution < 1.29 is 9.26 Å². The summed E-state index contributed by atoms with van der Waals surface area (Å²) in [5.41, 5.74) is -0.328. The molecule has 0 saturated heterocycles. The lowest BCUT2D eigenvalue weighted by Gasteiger charge is -2.24. The van der Waals surface area contributed by atoms with E-state index >= 15 is 0 Å². The van der Waals surface area contributed by atoms with E-state index in [0.717, 1.165) is 32.1 Å². The maximum Gasteiger partial charge on any atom is 0.226 e. The maximum atomic E-state index is 8.50. The summed E-state index contributed by atoms with van der Waals surface area (Å²) in [5.74, 6) is 1.31. The van der Waals surface area contributed by atoms with Gasteiger partial charge in [0.05, 0.1) is 6.07 Å². The second kappa shape index (κ2) is 5.96. The molecular formula is C13H19N3O2. The van der Waals surface area contributed by atoms with Crippen LogP contribution in [-0.4, -0.2) is 16.7 Å². The smallest absolute Gasteiger partial charge is 0.226 e. The number of nitriles is 1. The van der Waals surface area contributed by atoms with E-state index in [1.807, 2.05) is 6.92 Å². The van der Waals surface area contributed by atoms with E-state index < -0.39 is 0 Å². The van der Waals surface area contributed by atoms with Crippen LogP contribution >= 0.6 is 0 Å². The molecule has 0 bridgehead atoms. The van der Waals surface area contributed by atoms with Crippen molar-refractivity contribution in [3.05, 3.63) is 11.7 Å². The van der Waals surface area contributed by atoms with Gasteiger partial charge in [0.25, 0.3) is 0 Å². The van der Waals surface area contributed by atoms with Crippen LogP contribution in [0.4, 0.5) is 0 Å². The molecule has 0 amide bonds. The molecule has 2 rings (SSSR count). The highest BCUT2D eigenvalue weighted by atomic mass is 16.5. The minimum absolute atomic E-state index is 0.328. The number of hydrogen-bond acceptors (Lipinski definition) is 5. The molecule has 5 heteroatoms. The Morgan fingerprint density at radius 1 is 1.44 bits per heavy atom. The fraction of sp³-hybridized carbons (Fsp3) is 0.769.